The minimum absolute atomic E-state index is 0.0279. The molecule has 0 aliphatic rings. The molecule has 0 saturated carbocycles. The first-order valence-electron chi connectivity index (χ1n) is 9.62. The third-order valence-corrected chi connectivity index (χ3v) is 6.67. The molecule has 0 spiro atoms. The van der Waals surface area contributed by atoms with Gasteiger partial charge in [-0.2, -0.15) is 4.98 Å². The van der Waals surface area contributed by atoms with E-state index in [9.17, 15) is 13.5 Å². The van der Waals surface area contributed by atoms with Crippen LogP contribution in [0.15, 0.2) is 56.6 Å². The minimum Gasteiger partial charge on any atom is -0.468 e. The van der Waals surface area contributed by atoms with E-state index in [0.717, 1.165) is 6.42 Å². The number of nitrogens with zero attached hydrogens (tertiary/aromatic N) is 2. The highest BCUT2D eigenvalue weighted by Gasteiger charge is 2.18. The van der Waals surface area contributed by atoms with Crippen molar-refractivity contribution < 1.29 is 17.9 Å². The summed E-state index contributed by atoms with van der Waals surface area (Å²) in [6, 6.07) is 8.24. The van der Waals surface area contributed by atoms with Crippen molar-refractivity contribution in [3.05, 3.63) is 58.6 Å². The number of hydrogen-bond donors (Lipinski definition) is 4. The second kappa shape index (κ2) is 10.2. The Bertz CT molecular complexity index is 1120. The van der Waals surface area contributed by atoms with Gasteiger partial charge in [0.1, 0.15) is 11.6 Å². The Morgan fingerprint density at radius 3 is 2.77 bits per heavy atom. The first-order valence-corrected chi connectivity index (χ1v) is 11.9. The zero-order chi connectivity index (χ0) is 22.4. The van der Waals surface area contributed by atoms with Crippen LogP contribution in [0, 0.1) is 6.92 Å². The summed E-state index contributed by atoms with van der Waals surface area (Å²) in [5, 5.41) is 15.6. The number of aryl methyl sites for hydroxylation is 1. The van der Waals surface area contributed by atoms with Gasteiger partial charge in [-0.15, -0.1) is 0 Å². The van der Waals surface area contributed by atoms with Gasteiger partial charge in [0.15, 0.2) is 0 Å². The van der Waals surface area contributed by atoms with Crippen molar-refractivity contribution in [3.8, 4) is 0 Å². The molecule has 3 aromatic rings. The van der Waals surface area contributed by atoms with E-state index >= 15 is 0 Å². The van der Waals surface area contributed by atoms with E-state index in [1.807, 2.05) is 6.92 Å². The van der Waals surface area contributed by atoms with Crippen LogP contribution in [0.3, 0.4) is 0 Å². The van der Waals surface area contributed by atoms with Crippen LogP contribution in [0.1, 0.15) is 24.7 Å². The highest BCUT2D eigenvalue weighted by Crippen LogP contribution is 2.25. The summed E-state index contributed by atoms with van der Waals surface area (Å²) < 4.78 is 33.9. The largest absolute Gasteiger partial charge is 0.468 e. The van der Waals surface area contributed by atoms with Gasteiger partial charge in [0.25, 0.3) is 0 Å². The van der Waals surface area contributed by atoms with Crippen LogP contribution >= 0.6 is 15.9 Å². The molecular weight excluding hydrogens is 486 g/mol. The zero-order valence-corrected chi connectivity index (χ0v) is 19.5. The number of rotatable bonds is 10. The lowest BCUT2D eigenvalue weighted by Gasteiger charge is -2.16. The third-order valence-electron chi connectivity index (χ3n) is 4.55. The molecule has 2 aromatic heterocycles. The van der Waals surface area contributed by atoms with Crippen LogP contribution in [0.4, 0.5) is 17.5 Å². The molecule has 0 amide bonds. The second-order valence-electron chi connectivity index (χ2n) is 6.83. The summed E-state index contributed by atoms with van der Waals surface area (Å²) >= 11 is 3.39. The van der Waals surface area contributed by atoms with Gasteiger partial charge in [-0.05, 0) is 59.1 Å². The topological polar surface area (TPSA) is 129 Å². The molecule has 1 atom stereocenters. The summed E-state index contributed by atoms with van der Waals surface area (Å²) in [5.41, 5.74) is 1.12. The van der Waals surface area contributed by atoms with E-state index < -0.39 is 10.0 Å². The van der Waals surface area contributed by atoms with E-state index in [2.05, 4.69) is 41.3 Å². The van der Waals surface area contributed by atoms with Crippen LogP contribution < -0.4 is 15.4 Å². The number of halogens is 1. The summed E-state index contributed by atoms with van der Waals surface area (Å²) in [6.45, 7) is 3.71. The van der Waals surface area contributed by atoms with Gasteiger partial charge >= 0.3 is 0 Å². The standard InChI is InChI=1S/C20H24BrN5O4S/c1-3-14(12-27)24-19-17(21)11-22-20(26-19)25-15-7-6-13(2)18(9-15)31(28,29)23-10-16-5-4-8-30-16/h4-9,11,14,23,27H,3,10,12H2,1-2H3,(H2,22,24,25,26)/t14-/m1/s1. The Balaban J connectivity index is 1.80. The molecule has 31 heavy (non-hydrogen) atoms. The van der Waals surface area contributed by atoms with Crippen LogP contribution in [0.2, 0.25) is 0 Å². The van der Waals surface area contributed by atoms with Gasteiger partial charge in [-0.1, -0.05) is 13.0 Å². The Hall–Kier alpha value is -2.47. The summed E-state index contributed by atoms with van der Waals surface area (Å²) in [5.74, 6) is 1.33. The molecule has 0 saturated heterocycles. The van der Waals surface area contributed by atoms with Crippen molar-refractivity contribution >= 4 is 43.4 Å². The average molecular weight is 510 g/mol. The van der Waals surface area contributed by atoms with Crippen molar-refractivity contribution in [1.29, 1.82) is 0 Å². The molecule has 0 aliphatic heterocycles. The molecule has 9 nitrogen and oxygen atoms in total. The van der Waals surface area contributed by atoms with Crippen LogP contribution in [0.25, 0.3) is 0 Å². The lowest BCUT2D eigenvalue weighted by atomic mass is 10.2. The Morgan fingerprint density at radius 1 is 1.29 bits per heavy atom. The maximum Gasteiger partial charge on any atom is 0.241 e. The van der Waals surface area contributed by atoms with Crippen LogP contribution in [-0.4, -0.2) is 36.1 Å². The molecule has 0 radical (unpaired) electrons. The van der Waals surface area contributed by atoms with Gasteiger partial charge in [0.2, 0.25) is 16.0 Å². The number of aromatic nitrogens is 2. The minimum atomic E-state index is -3.76. The van der Waals surface area contributed by atoms with Gasteiger partial charge < -0.3 is 20.2 Å². The van der Waals surface area contributed by atoms with E-state index in [1.54, 1.807) is 37.4 Å². The number of aliphatic hydroxyl groups is 1. The molecular formula is C20H24BrN5O4S. The van der Waals surface area contributed by atoms with Gasteiger partial charge in [-0.25, -0.2) is 18.1 Å². The number of anilines is 3. The molecule has 166 valence electrons. The van der Waals surface area contributed by atoms with Gasteiger partial charge in [0, 0.05) is 11.9 Å². The molecule has 2 heterocycles. The SMILES string of the molecule is CC[C@H](CO)Nc1nc(Nc2ccc(C)c(S(=O)(=O)NCc3ccco3)c2)ncc1Br. The van der Waals surface area contributed by atoms with Crippen LogP contribution in [0.5, 0.6) is 0 Å². The average Bonchev–Trinajstić information content (AvgIpc) is 3.28. The Kier molecular flexibility index (Phi) is 7.65. The van der Waals surface area contributed by atoms with E-state index in [4.69, 9.17) is 4.42 Å². The molecule has 1 aromatic carbocycles. The number of furan rings is 1. The molecule has 4 N–H and O–H groups in total. The zero-order valence-electron chi connectivity index (χ0n) is 17.1. The summed E-state index contributed by atoms with van der Waals surface area (Å²) in [7, 11) is -3.76. The highest BCUT2D eigenvalue weighted by molar-refractivity contribution is 9.10. The summed E-state index contributed by atoms with van der Waals surface area (Å²) in [4.78, 5) is 8.79. The number of sulfonamides is 1. The van der Waals surface area contributed by atoms with Crippen molar-refractivity contribution in [2.45, 2.75) is 37.8 Å². The highest BCUT2D eigenvalue weighted by atomic mass is 79.9. The Morgan fingerprint density at radius 2 is 2.10 bits per heavy atom. The maximum atomic E-state index is 12.8. The number of nitrogens with one attached hydrogen (secondary N) is 3. The molecule has 0 bridgehead atoms. The predicted molar refractivity (Wildman–Crippen MR) is 122 cm³/mol. The van der Waals surface area contributed by atoms with E-state index in [0.29, 0.717) is 27.3 Å². The predicted octanol–water partition coefficient (Wildman–Crippen LogP) is 3.55. The molecule has 0 unspecified atom stereocenters. The molecule has 11 heteroatoms. The second-order valence-corrected chi connectivity index (χ2v) is 9.42. The molecule has 3 rings (SSSR count). The fourth-order valence-corrected chi connectivity index (χ4v) is 4.32. The van der Waals surface area contributed by atoms with Crippen molar-refractivity contribution in [2.75, 3.05) is 17.2 Å². The molecule has 0 fully saturated rings. The van der Waals surface area contributed by atoms with Crippen molar-refractivity contribution in [2.24, 2.45) is 0 Å². The monoisotopic (exact) mass is 509 g/mol. The normalized spacial score (nSPS) is 12.5. The fourth-order valence-electron chi connectivity index (χ4n) is 2.75. The fraction of sp³-hybridized carbons (Fsp3) is 0.300. The quantitative estimate of drug-likeness (QED) is 0.326. The summed E-state index contributed by atoms with van der Waals surface area (Å²) in [6.07, 6.45) is 3.79. The first-order chi connectivity index (χ1) is 14.8. The Labute approximate surface area is 189 Å². The lowest BCUT2D eigenvalue weighted by molar-refractivity contribution is 0.271. The third kappa shape index (κ3) is 6.03. The van der Waals surface area contributed by atoms with Crippen molar-refractivity contribution in [3.63, 3.8) is 0 Å². The van der Waals surface area contributed by atoms with Gasteiger partial charge in [0.05, 0.1) is 34.8 Å². The number of hydrogen-bond acceptors (Lipinski definition) is 8. The number of aliphatic hydroxyl groups excluding tert-OH is 1. The van der Waals surface area contributed by atoms with E-state index in [1.165, 1.54) is 12.3 Å². The van der Waals surface area contributed by atoms with E-state index in [-0.39, 0.29) is 30.0 Å². The first kappa shape index (κ1) is 23.2. The smallest absolute Gasteiger partial charge is 0.241 e. The lowest BCUT2D eigenvalue weighted by Crippen LogP contribution is -2.24. The molecule has 0 aliphatic carbocycles. The van der Waals surface area contributed by atoms with Crippen LogP contribution in [-0.2, 0) is 16.6 Å². The van der Waals surface area contributed by atoms with Crippen molar-refractivity contribution in [1.82, 2.24) is 14.7 Å². The van der Waals surface area contributed by atoms with Gasteiger partial charge in [-0.3, -0.25) is 0 Å². The number of benzene rings is 1. The maximum absolute atomic E-state index is 12.8.